The zero-order valence-electron chi connectivity index (χ0n) is 17.7. The Kier molecular flexibility index (Phi) is 12.1. The molecule has 0 radical (unpaired) electrons. The second-order valence-electron chi connectivity index (χ2n) is 7.94. The predicted octanol–water partition coefficient (Wildman–Crippen LogP) is 7.78. The van der Waals surface area contributed by atoms with Gasteiger partial charge in [-0.3, -0.25) is 4.90 Å². The minimum absolute atomic E-state index is 1.04. The molecule has 0 N–H and O–H groups in total. The maximum Gasteiger partial charge on any atom is 0.0237 e. The van der Waals surface area contributed by atoms with Gasteiger partial charge >= 0.3 is 0 Å². The van der Waals surface area contributed by atoms with E-state index < -0.39 is 0 Å². The van der Waals surface area contributed by atoms with Crippen LogP contribution in [-0.4, -0.2) is 11.4 Å². The zero-order valence-corrected chi connectivity index (χ0v) is 17.7. The molecule has 2 aromatic rings. The average molecular weight is 378 g/mol. The van der Waals surface area contributed by atoms with Gasteiger partial charge in [0.2, 0.25) is 0 Å². The highest BCUT2D eigenvalue weighted by Crippen LogP contribution is 2.14. The molecule has 2 aromatic carbocycles. The molecule has 2 rings (SSSR count). The van der Waals surface area contributed by atoms with Crippen molar-refractivity contribution in [1.82, 2.24) is 4.90 Å². The summed E-state index contributed by atoms with van der Waals surface area (Å²) in [5, 5.41) is 0. The van der Waals surface area contributed by atoms with Gasteiger partial charge in [-0.05, 0) is 36.9 Å². The molecular formula is C27H39N. The summed E-state index contributed by atoms with van der Waals surface area (Å²) in [5.74, 6) is 0. The third-order valence-corrected chi connectivity index (χ3v) is 5.38. The van der Waals surface area contributed by atoms with Crippen molar-refractivity contribution >= 4 is 0 Å². The van der Waals surface area contributed by atoms with Crippen LogP contribution in [-0.2, 0) is 13.1 Å². The van der Waals surface area contributed by atoms with Gasteiger partial charge in [-0.25, -0.2) is 0 Å². The Morgan fingerprint density at radius 3 is 1.46 bits per heavy atom. The Hall–Kier alpha value is -1.86. The van der Waals surface area contributed by atoms with Crippen molar-refractivity contribution in [3.8, 4) is 0 Å². The number of nitrogens with zero attached hydrogens (tertiary/aromatic N) is 1. The molecule has 152 valence electrons. The van der Waals surface area contributed by atoms with Crippen molar-refractivity contribution in [2.75, 3.05) is 6.54 Å². The first kappa shape index (κ1) is 22.4. The van der Waals surface area contributed by atoms with E-state index in [2.05, 4.69) is 72.1 Å². The zero-order chi connectivity index (χ0) is 19.7. The normalized spacial score (nSPS) is 11.0. The minimum Gasteiger partial charge on any atom is -0.295 e. The largest absolute Gasteiger partial charge is 0.295 e. The van der Waals surface area contributed by atoms with Crippen LogP contribution in [0, 0.1) is 0 Å². The van der Waals surface area contributed by atoms with E-state index in [1.165, 1.54) is 81.9 Å². The van der Waals surface area contributed by atoms with Crippen LogP contribution in [0.1, 0.15) is 75.3 Å². The molecule has 0 aliphatic carbocycles. The van der Waals surface area contributed by atoms with Crippen molar-refractivity contribution in [3.05, 3.63) is 84.4 Å². The monoisotopic (exact) mass is 377 g/mol. The SMILES string of the molecule is C=CCCCCCCCCCCCN(Cc1ccccc1)Cc1ccccc1. The van der Waals surface area contributed by atoms with Gasteiger partial charge in [0.25, 0.3) is 0 Å². The summed E-state index contributed by atoms with van der Waals surface area (Å²) in [5.41, 5.74) is 2.82. The summed E-state index contributed by atoms with van der Waals surface area (Å²) >= 11 is 0. The lowest BCUT2D eigenvalue weighted by Crippen LogP contribution is -2.24. The van der Waals surface area contributed by atoms with E-state index in [9.17, 15) is 0 Å². The second kappa shape index (κ2) is 15.1. The highest BCUT2D eigenvalue weighted by atomic mass is 15.1. The molecule has 1 heteroatoms. The minimum atomic E-state index is 1.04. The van der Waals surface area contributed by atoms with Gasteiger partial charge < -0.3 is 0 Å². The lowest BCUT2D eigenvalue weighted by atomic mass is 10.1. The first-order chi connectivity index (χ1) is 13.9. The Bertz CT molecular complexity index is 563. The first-order valence-electron chi connectivity index (χ1n) is 11.3. The Morgan fingerprint density at radius 1 is 0.571 bits per heavy atom. The molecule has 0 unspecified atom stereocenters. The molecule has 0 amide bonds. The Morgan fingerprint density at radius 2 is 1.00 bits per heavy atom. The molecule has 0 bridgehead atoms. The van der Waals surface area contributed by atoms with E-state index in [4.69, 9.17) is 0 Å². The molecule has 0 aliphatic rings. The number of rotatable bonds is 16. The van der Waals surface area contributed by atoms with Crippen LogP contribution in [0.3, 0.4) is 0 Å². The fourth-order valence-electron chi connectivity index (χ4n) is 3.76. The summed E-state index contributed by atoms with van der Waals surface area (Å²) < 4.78 is 0. The molecule has 28 heavy (non-hydrogen) atoms. The first-order valence-corrected chi connectivity index (χ1v) is 11.3. The predicted molar refractivity (Wildman–Crippen MR) is 123 cm³/mol. The van der Waals surface area contributed by atoms with Crippen molar-refractivity contribution in [2.45, 2.75) is 77.3 Å². The van der Waals surface area contributed by atoms with Crippen molar-refractivity contribution in [2.24, 2.45) is 0 Å². The summed E-state index contributed by atoms with van der Waals surface area (Å²) in [6, 6.07) is 21.8. The highest BCUT2D eigenvalue weighted by Gasteiger charge is 2.07. The maximum absolute atomic E-state index is 3.79. The quantitative estimate of drug-likeness (QED) is 0.213. The molecule has 0 aliphatic heterocycles. The van der Waals surface area contributed by atoms with Gasteiger partial charge in [-0.1, -0.05) is 112 Å². The summed E-state index contributed by atoms with van der Waals surface area (Å²) in [4.78, 5) is 2.60. The summed E-state index contributed by atoms with van der Waals surface area (Å²) in [6.45, 7) is 7.06. The second-order valence-corrected chi connectivity index (χ2v) is 7.94. The molecule has 0 aromatic heterocycles. The molecular weight excluding hydrogens is 338 g/mol. The molecule has 0 saturated carbocycles. The van der Waals surface area contributed by atoms with Crippen molar-refractivity contribution in [3.63, 3.8) is 0 Å². The Balaban J connectivity index is 1.63. The van der Waals surface area contributed by atoms with Gasteiger partial charge in [-0.15, -0.1) is 6.58 Å². The van der Waals surface area contributed by atoms with Crippen LogP contribution < -0.4 is 0 Å². The van der Waals surface area contributed by atoms with Gasteiger partial charge in [-0.2, -0.15) is 0 Å². The van der Waals surface area contributed by atoms with Crippen LogP contribution in [0.5, 0.6) is 0 Å². The van der Waals surface area contributed by atoms with E-state index in [0.717, 1.165) is 13.1 Å². The third-order valence-electron chi connectivity index (χ3n) is 5.38. The summed E-state index contributed by atoms with van der Waals surface area (Å²) in [7, 11) is 0. The maximum atomic E-state index is 3.79. The van der Waals surface area contributed by atoms with Gasteiger partial charge in [0.15, 0.2) is 0 Å². The molecule has 0 heterocycles. The standard InChI is InChI=1S/C27H39N/c1-2-3-4-5-6-7-8-9-10-11-18-23-28(24-26-19-14-12-15-20-26)25-27-21-16-13-17-22-27/h2,12-17,19-22H,1,3-11,18,23-25H2. The van der Waals surface area contributed by atoms with Crippen molar-refractivity contribution in [1.29, 1.82) is 0 Å². The van der Waals surface area contributed by atoms with Crippen LogP contribution >= 0.6 is 0 Å². The Labute approximate surface area is 173 Å². The number of unbranched alkanes of at least 4 members (excludes halogenated alkanes) is 9. The molecule has 0 fully saturated rings. The molecule has 0 atom stereocenters. The van der Waals surface area contributed by atoms with Crippen LogP contribution in [0.2, 0.25) is 0 Å². The fourth-order valence-corrected chi connectivity index (χ4v) is 3.76. The van der Waals surface area contributed by atoms with Gasteiger partial charge in [0.1, 0.15) is 0 Å². The fraction of sp³-hybridized carbons (Fsp3) is 0.481. The van der Waals surface area contributed by atoms with E-state index in [1.54, 1.807) is 0 Å². The van der Waals surface area contributed by atoms with E-state index in [1.807, 2.05) is 6.08 Å². The molecule has 0 spiro atoms. The topological polar surface area (TPSA) is 3.24 Å². The smallest absolute Gasteiger partial charge is 0.0237 e. The van der Waals surface area contributed by atoms with Crippen molar-refractivity contribution < 1.29 is 0 Å². The molecule has 0 saturated heterocycles. The number of hydrogen-bond acceptors (Lipinski definition) is 1. The summed E-state index contributed by atoms with van der Waals surface area (Å²) in [6.07, 6.45) is 15.6. The average Bonchev–Trinajstić information content (AvgIpc) is 2.73. The van der Waals surface area contributed by atoms with Crippen LogP contribution in [0.4, 0.5) is 0 Å². The van der Waals surface area contributed by atoms with E-state index >= 15 is 0 Å². The molecule has 1 nitrogen and oxygen atoms in total. The highest BCUT2D eigenvalue weighted by molar-refractivity contribution is 5.17. The van der Waals surface area contributed by atoms with Gasteiger partial charge in [0, 0.05) is 13.1 Å². The lowest BCUT2D eigenvalue weighted by molar-refractivity contribution is 0.250. The van der Waals surface area contributed by atoms with Gasteiger partial charge in [0.05, 0.1) is 0 Å². The number of benzene rings is 2. The third kappa shape index (κ3) is 10.5. The number of hydrogen-bond donors (Lipinski definition) is 0. The van der Waals surface area contributed by atoms with Crippen LogP contribution in [0.15, 0.2) is 73.3 Å². The lowest BCUT2D eigenvalue weighted by Gasteiger charge is -2.22. The van der Waals surface area contributed by atoms with Crippen LogP contribution in [0.25, 0.3) is 0 Å². The van der Waals surface area contributed by atoms with E-state index in [0.29, 0.717) is 0 Å². The number of allylic oxidation sites excluding steroid dienone is 1. The van der Waals surface area contributed by atoms with E-state index in [-0.39, 0.29) is 0 Å².